The topological polar surface area (TPSA) is 62.0 Å². The lowest BCUT2D eigenvalue weighted by Gasteiger charge is -2.07. The predicted molar refractivity (Wildman–Crippen MR) is 101 cm³/mol. The lowest BCUT2D eigenvalue weighted by atomic mass is 10.1. The van der Waals surface area contributed by atoms with Gasteiger partial charge in [-0.1, -0.05) is 48.5 Å². The highest BCUT2D eigenvalue weighted by atomic mass is 15.3. The number of azo groups is 1. The van der Waals surface area contributed by atoms with Gasteiger partial charge in [0.2, 0.25) is 5.84 Å². The highest BCUT2D eigenvalue weighted by Crippen LogP contribution is 2.17. The number of nitrogens with zero attached hydrogens (tertiary/aromatic N) is 4. The molecule has 0 amide bonds. The van der Waals surface area contributed by atoms with E-state index in [0.717, 1.165) is 16.8 Å². The second-order valence-electron chi connectivity index (χ2n) is 5.62. The van der Waals surface area contributed by atoms with E-state index in [1.807, 2.05) is 56.3 Å². The molecule has 0 saturated heterocycles. The molecule has 0 spiro atoms. The Morgan fingerprint density at radius 1 is 0.920 bits per heavy atom. The fraction of sp³-hybridized carbons (Fsp3) is 0.100. The van der Waals surface area contributed by atoms with Crippen molar-refractivity contribution in [3.63, 3.8) is 0 Å². The van der Waals surface area contributed by atoms with Crippen LogP contribution in [0.3, 0.4) is 0 Å². The minimum Gasteiger partial charge on any atom is -0.276 e. The predicted octanol–water partition coefficient (Wildman–Crippen LogP) is 5.26. The maximum Gasteiger partial charge on any atom is 0.201 e. The molecule has 2 aromatic carbocycles. The van der Waals surface area contributed by atoms with Gasteiger partial charge in [-0.25, -0.2) is 4.98 Å². The summed E-state index contributed by atoms with van der Waals surface area (Å²) >= 11 is 0. The summed E-state index contributed by atoms with van der Waals surface area (Å²) in [7, 11) is 0. The molecule has 0 fully saturated rings. The fourth-order valence-corrected chi connectivity index (χ4v) is 2.21. The Bertz CT molecular complexity index is 886. The molecule has 1 N–H and O–H groups in total. The van der Waals surface area contributed by atoms with Crippen LogP contribution in [0, 0.1) is 13.8 Å². The van der Waals surface area contributed by atoms with Crippen LogP contribution in [0.1, 0.15) is 16.7 Å². The number of hydrazone groups is 1. The molecule has 3 rings (SSSR count). The number of pyridine rings is 1. The summed E-state index contributed by atoms with van der Waals surface area (Å²) in [6.45, 7) is 4.09. The van der Waals surface area contributed by atoms with E-state index in [2.05, 4.69) is 43.9 Å². The number of aromatic nitrogens is 1. The fourth-order valence-electron chi connectivity index (χ4n) is 2.21. The third-order valence-corrected chi connectivity index (χ3v) is 3.60. The Kier molecular flexibility index (Phi) is 5.26. The number of hydrogen-bond donors (Lipinski definition) is 1. The molecule has 0 radical (unpaired) electrons. The van der Waals surface area contributed by atoms with Crippen LogP contribution in [0.5, 0.6) is 0 Å². The molecule has 1 aromatic heterocycles. The second kappa shape index (κ2) is 7.97. The SMILES string of the molecule is Cc1ccc(C)c(N/N=C(/N=N/c2ccccn2)c2ccccc2)c1. The Balaban J connectivity index is 1.91. The first-order valence-corrected chi connectivity index (χ1v) is 8.01. The third-order valence-electron chi connectivity index (χ3n) is 3.60. The second-order valence-corrected chi connectivity index (χ2v) is 5.62. The maximum atomic E-state index is 4.46. The number of aryl methyl sites for hydroxylation is 2. The summed E-state index contributed by atoms with van der Waals surface area (Å²) in [5, 5.41) is 12.9. The van der Waals surface area contributed by atoms with Gasteiger partial charge in [0.25, 0.3) is 0 Å². The summed E-state index contributed by atoms with van der Waals surface area (Å²) < 4.78 is 0. The van der Waals surface area contributed by atoms with Gasteiger partial charge in [0, 0.05) is 11.8 Å². The minimum atomic E-state index is 0.493. The van der Waals surface area contributed by atoms with Crippen molar-refractivity contribution in [2.75, 3.05) is 5.43 Å². The van der Waals surface area contributed by atoms with Crippen molar-refractivity contribution in [1.29, 1.82) is 0 Å². The molecule has 124 valence electrons. The average Bonchev–Trinajstić information content (AvgIpc) is 2.66. The van der Waals surface area contributed by atoms with E-state index >= 15 is 0 Å². The number of amidine groups is 1. The van der Waals surface area contributed by atoms with Crippen molar-refractivity contribution in [3.8, 4) is 0 Å². The number of rotatable bonds is 4. The average molecular weight is 329 g/mol. The van der Waals surface area contributed by atoms with Crippen molar-refractivity contribution in [2.45, 2.75) is 13.8 Å². The zero-order valence-electron chi connectivity index (χ0n) is 14.2. The highest BCUT2D eigenvalue weighted by Gasteiger charge is 2.04. The molecule has 0 atom stereocenters. The van der Waals surface area contributed by atoms with Gasteiger partial charge in [-0.3, -0.25) is 5.43 Å². The molecule has 5 nitrogen and oxygen atoms in total. The molecular formula is C20H19N5. The Morgan fingerprint density at radius 2 is 1.72 bits per heavy atom. The van der Waals surface area contributed by atoms with Gasteiger partial charge >= 0.3 is 0 Å². The van der Waals surface area contributed by atoms with E-state index in [1.165, 1.54) is 5.56 Å². The van der Waals surface area contributed by atoms with Crippen LogP contribution in [0.15, 0.2) is 88.3 Å². The van der Waals surface area contributed by atoms with Crippen LogP contribution in [-0.4, -0.2) is 10.8 Å². The monoisotopic (exact) mass is 329 g/mol. The molecule has 0 aliphatic carbocycles. The molecule has 1 heterocycles. The maximum absolute atomic E-state index is 4.46. The van der Waals surface area contributed by atoms with Crippen molar-refractivity contribution in [3.05, 3.63) is 89.6 Å². The Hall–Kier alpha value is -3.34. The molecule has 0 aliphatic heterocycles. The highest BCUT2D eigenvalue weighted by molar-refractivity contribution is 5.99. The lowest BCUT2D eigenvalue weighted by molar-refractivity contribution is 1.16. The lowest BCUT2D eigenvalue weighted by Crippen LogP contribution is -2.02. The van der Waals surface area contributed by atoms with Crippen LogP contribution in [0.4, 0.5) is 11.5 Å². The first-order valence-electron chi connectivity index (χ1n) is 8.01. The standard InChI is InChI=1S/C20H19N5/c1-15-11-12-16(2)18(14-15)22-24-20(17-8-4-3-5-9-17)25-23-19-10-6-7-13-21-19/h3-14,22H,1-2H3/b24-20+,25-23+. The summed E-state index contributed by atoms with van der Waals surface area (Å²) in [5.74, 6) is 1.03. The van der Waals surface area contributed by atoms with E-state index < -0.39 is 0 Å². The zero-order chi connectivity index (χ0) is 17.5. The molecule has 25 heavy (non-hydrogen) atoms. The largest absolute Gasteiger partial charge is 0.276 e. The van der Waals surface area contributed by atoms with Crippen molar-refractivity contribution in [1.82, 2.24) is 4.98 Å². The quantitative estimate of drug-likeness (QED) is 0.307. The van der Waals surface area contributed by atoms with Crippen molar-refractivity contribution < 1.29 is 0 Å². The zero-order valence-corrected chi connectivity index (χ0v) is 14.2. The number of hydrogen-bond acceptors (Lipinski definition) is 4. The smallest absolute Gasteiger partial charge is 0.201 e. The van der Waals surface area contributed by atoms with Crippen LogP contribution < -0.4 is 5.43 Å². The number of benzene rings is 2. The normalized spacial score (nSPS) is 11.7. The Morgan fingerprint density at radius 3 is 2.48 bits per heavy atom. The number of anilines is 1. The molecule has 5 heteroatoms. The third kappa shape index (κ3) is 4.57. The van der Waals surface area contributed by atoms with Crippen LogP contribution in [-0.2, 0) is 0 Å². The van der Waals surface area contributed by atoms with E-state index in [0.29, 0.717) is 11.7 Å². The van der Waals surface area contributed by atoms with E-state index in [-0.39, 0.29) is 0 Å². The molecular weight excluding hydrogens is 310 g/mol. The summed E-state index contributed by atoms with van der Waals surface area (Å²) in [5.41, 5.74) is 7.20. The van der Waals surface area contributed by atoms with Crippen LogP contribution >= 0.6 is 0 Å². The first-order chi connectivity index (χ1) is 12.2. The first kappa shape index (κ1) is 16.5. The van der Waals surface area contributed by atoms with Crippen molar-refractivity contribution in [2.24, 2.45) is 15.3 Å². The summed E-state index contributed by atoms with van der Waals surface area (Å²) in [6, 6.07) is 21.4. The Labute approximate surface area is 147 Å². The molecule has 0 unspecified atom stereocenters. The van der Waals surface area contributed by atoms with E-state index in [4.69, 9.17) is 0 Å². The van der Waals surface area contributed by atoms with E-state index in [9.17, 15) is 0 Å². The summed E-state index contributed by atoms with van der Waals surface area (Å²) in [4.78, 5) is 4.15. The van der Waals surface area contributed by atoms with Gasteiger partial charge in [0.1, 0.15) is 0 Å². The van der Waals surface area contributed by atoms with Gasteiger partial charge in [-0.05, 0) is 43.2 Å². The van der Waals surface area contributed by atoms with Gasteiger partial charge in [-0.2, -0.15) is 5.10 Å². The van der Waals surface area contributed by atoms with E-state index in [1.54, 1.807) is 12.3 Å². The van der Waals surface area contributed by atoms with Crippen molar-refractivity contribution >= 4 is 17.3 Å². The van der Waals surface area contributed by atoms with Gasteiger partial charge in [0.15, 0.2) is 5.82 Å². The van der Waals surface area contributed by atoms with Gasteiger partial charge in [-0.15, -0.1) is 10.2 Å². The molecule has 0 saturated carbocycles. The molecule has 0 bridgehead atoms. The van der Waals surface area contributed by atoms with Crippen LogP contribution in [0.2, 0.25) is 0 Å². The van der Waals surface area contributed by atoms with Gasteiger partial charge < -0.3 is 0 Å². The van der Waals surface area contributed by atoms with Gasteiger partial charge in [0.05, 0.1) is 5.69 Å². The number of nitrogens with one attached hydrogen (secondary N) is 1. The molecule has 3 aromatic rings. The molecule has 0 aliphatic rings. The summed E-state index contributed by atoms with van der Waals surface area (Å²) in [6.07, 6.45) is 1.68. The van der Waals surface area contributed by atoms with Crippen LogP contribution in [0.25, 0.3) is 0 Å². The minimum absolute atomic E-state index is 0.493.